The Morgan fingerprint density at radius 2 is 2.04 bits per heavy atom. The SMILES string of the molecule is CC(C)C1(C(=O)O)CCN(C(=O)[C@@H]2C[C@]23CCOc2ccccc23)C1. The van der Waals surface area contributed by atoms with Crippen molar-refractivity contribution in [3.63, 3.8) is 0 Å². The highest BCUT2D eigenvalue weighted by atomic mass is 16.5. The van der Waals surface area contributed by atoms with Crippen molar-refractivity contribution < 1.29 is 19.4 Å². The number of ether oxygens (including phenoxy) is 1. The van der Waals surface area contributed by atoms with Gasteiger partial charge in [-0.2, -0.15) is 0 Å². The fourth-order valence-corrected chi connectivity index (χ4v) is 4.82. The van der Waals surface area contributed by atoms with Crippen molar-refractivity contribution >= 4 is 11.9 Å². The summed E-state index contributed by atoms with van der Waals surface area (Å²) in [6.07, 6.45) is 2.26. The minimum atomic E-state index is -0.800. The quantitative estimate of drug-likeness (QED) is 0.916. The Bertz CT molecular complexity index is 730. The third kappa shape index (κ3) is 2.28. The molecule has 0 aromatic heterocycles. The molecule has 0 radical (unpaired) electrons. The van der Waals surface area contributed by atoms with Crippen molar-refractivity contribution in [1.82, 2.24) is 4.90 Å². The van der Waals surface area contributed by atoms with Crippen LogP contribution in [0, 0.1) is 17.3 Å². The van der Waals surface area contributed by atoms with E-state index in [1.165, 1.54) is 0 Å². The molecule has 1 spiro atoms. The van der Waals surface area contributed by atoms with Crippen LogP contribution >= 0.6 is 0 Å². The number of para-hydroxylation sites is 1. The summed E-state index contributed by atoms with van der Waals surface area (Å²) >= 11 is 0. The molecule has 3 atom stereocenters. The zero-order valence-corrected chi connectivity index (χ0v) is 14.8. The van der Waals surface area contributed by atoms with Gasteiger partial charge in [-0.1, -0.05) is 32.0 Å². The number of carboxylic acid groups (broad SMARTS) is 1. The van der Waals surface area contributed by atoms with Crippen LogP contribution in [0.1, 0.15) is 38.7 Å². The minimum Gasteiger partial charge on any atom is -0.493 e. The van der Waals surface area contributed by atoms with Gasteiger partial charge in [-0.15, -0.1) is 0 Å². The number of hydrogen-bond acceptors (Lipinski definition) is 3. The van der Waals surface area contributed by atoms with Crippen molar-refractivity contribution in [2.45, 2.75) is 38.5 Å². The summed E-state index contributed by atoms with van der Waals surface area (Å²) < 4.78 is 5.75. The van der Waals surface area contributed by atoms with E-state index < -0.39 is 11.4 Å². The fraction of sp³-hybridized carbons (Fsp3) is 0.600. The van der Waals surface area contributed by atoms with Crippen LogP contribution in [-0.2, 0) is 15.0 Å². The molecule has 1 saturated carbocycles. The number of aliphatic carboxylic acids is 1. The maximum atomic E-state index is 13.1. The summed E-state index contributed by atoms with van der Waals surface area (Å²) in [4.78, 5) is 26.7. The van der Waals surface area contributed by atoms with Gasteiger partial charge >= 0.3 is 5.97 Å². The molecule has 2 heterocycles. The first-order valence-corrected chi connectivity index (χ1v) is 9.15. The molecule has 1 unspecified atom stereocenters. The molecular formula is C20H25NO4. The van der Waals surface area contributed by atoms with E-state index in [1.807, 2.05) is 32.0 Å². The summed E-state index contributed by atoms with van der Waals surface area (Å²) in [5, 5.41) is 9.71. The van der Waals surface area contributed by atoms with E-state index in [2.05, 4.69) is 6.07 Å². The lowest BCUT2D eigenvalue weighted by Gasteiger charge is -2.30. The highest BCUT2D eigenvalue weighted by molar-refractivity contribution is 5.86. The predicted molar refractivity (Wildman–Crippen MR) is 92.4 cm³/mol. The first-order valence-electron chi connectivity index (χ1n) is 9.15. The Morgan fingerprint density at radius 3 is 2.72 bits per heavy atom. The molecule has 5 heteroatoms. The molecule has 2 fully saturated rings. The van der Waals surface area contributed by atoms with Crippen molar-refractivity contribution in [3.05, 3.63) is 29.8 Å². The van der Waals surface area contributed by atoms with Crippen molar-refractivity contribution in [1.29, 1.82) is 0 Å². The van der Waals surface area contributed by atoms with Gasteiger partial charge in [0.25, 0.3) is 0 Å². The van der Waals surface area contributed by atoms with Crippen LogP contribution in [-0.4, -0.2) is 41.6 Å². The molecule has 4 rings (SSSR count). The molecule has 0 bridgehead atoms. The van der Waals surface area contributed by atoms with Crippen LogP contribution < -0.4 is 4.74 Å². The average molecular weight is 343 g/mol. The van der Waals surface area contributed by atoms with Gasteiger partial charge in [0.2, 0.25) is 5.91 Å². The van der Waals surface area contributed by atoms with E-state index in [0.29, 0.717) is 26.1 Å². The van der Waals surface area contributed by atoms with E-state index in [9.17, 15) is 14.7 Å². The second kappa shape index (κ2) is 5.48. The molecule has 1 amide bonds. The van der Waals surface area contributed by atoms with Crippen LogP contribution in [0.2, 0.25) is 0 Å². The number of nitrogens with zero attached hydrogens (tertiary/aromatic N) is 1. The van der Waals surface area contributed by atoms with Crippen molar-refractivity contribution in [2.75, 3.05) is 19.7 Å². The highest BCUT2D eigenvalue weighted by Gasteiger charge is 2.63. The molecular weight excluding hydrogens is 318 g/mol. The number of fused-ring (bicyclic) bond motifs is 2. The third-order valence-corrected chi connectivity index (χ3v) is 6.75. The summed E-state index contributed by atoms with van der Waals surface area (Å²) in [5.74, 6) is 0.224. The van der Waals surface area contributed by atoms with Crippen LogP contribution in [0.25, 0.3) is 0 Å². The van der Waals surface area contributed by atoms with Crippen LogP contribution in [0.4, 0.5) is 0 Å². The van der Waals surface area contributed by atoms with Gasteiger partial charge in [0.05, 0.1) is 12.0 Å². The molecule has 134 valence electrons. The number of benzene rings is 1. The lowest BCUT2D eigenvalue weighted by molar-refractivity contribution is -0.151. The van der Waals surface area contributed by atoms with E-state index in [-0.39, 0.29) is 23.2 Å². The second-order valence-electron chi connectivity index (χ2n) is 8.13. The van der Waals surface area contributed by atoms with Crippen LogP contribution in [0.3, 0.4) is 0 Å². The number of carboxylic acids is 1. The summed E-state index contributed by atoms with van der Waals surface area (Å²) in [5.41, 5.74) is 0.246. The number of hydrogen-bond donors (Lipinski definition) is 1. The molecule has 1 aromatic carbocycles. The van der Waals surface area contributed by atoms with Gasteiger partial charge in [0.1, 0.15) is 5.75 Å². The van der Waals surface area contributed by atoms with Gasteiger partial charge in [-0.25, -0.2) is 0 Å². The number of amides is 1. The normalized spacial score (nSPS) is 33.2. The van der Waals surface area contributed by atoms with E-state index in [1.54, 1.807) is 4.90 Å². The smallest absolute Gasteiger partial charge is 0.311 e. The minimum absolute atomic E-state index is 0.0137. The summed E-state index contributed by atoms with van der Waals surface area (Å²) in [6, 6.07) is 8.00. The molecule has 3 aliphatic rings. The van der Waals surface area contributed by atoms with Crippen LogP contribution in [0.15, 0.2) is 24.3 Å². The average Bonchev–Trinajstić information content (AvgIpc) is 3.11. The summed E-state index contributed by atoms with van der Waals surface area (Å²) in [7, 11) is 0. The molecule has 1 aliphatic carbocycles. The Labute approximate surface area is 148 Å². The fourth-order valence-electron chi connectivity index (χ4n) is 4.82. The largest absolute Gasteiger partial charge is 0.493 e. The molecule has 1 saturated heterocycles. The zero-order chi connectivity index (χ0) is 17.8. The van der Waals surface area contributed by atoms with E-state index in [4.69, 9.17) is 4.74 Å². The second-order valence-corrected chi connectivity index (χ2v) is 8.13. The van der Waals surface area contributed by atoms with Gasteiger partial charge < -0.3 is 14.7 Å². The Kier molecular flexibility index (Phi) is 3.60. The Balaban J connectivity index is 1.54. The lowest BCUT2D eigenvalue weighted by atomic mass is 9.76. The Hall–Kier alpha value is -2.04. The van der Waals surface area contributed by atoms with E-state index >= 15 is 0 Å². The molecule has 2 aliphatic heterocycles. The highest BCUT2D eigenvalue weighted by Crippen LogP contribution is 2.61. The first-order chi connectivity index (χ1) is 11.9. The standard InChI is InChI=1S/C20H25NO4/c1-13(2)20(18(23)24)7-9-21(12-20)17(22)15-11-19(15)8-10-25-16-6-4-3-5-14(16)19/h3-6,13,15H,7-12H2,1-2H3,(H,23,24)/t15-,19-,20?/m0/s1. The number of likely N-dealkylation sites (tertiary alicyclic amines) is 1. The molecule has 1 N–H and O–H groups in total. The zero-order valence-electron chi connectivity index (χ0n) is 14.8. The van der Waals surface area contributed by atoms with Crippen molar-refractivity contribution in [2.24, 2.45) is 17.3 Å². The van der Waals surface area contributed by atoms with E-state index in [0.717, 1.165) is 24.2 Å². The maximum absolute atomic E-state index is 13.1. The number of carbonyl (C=O) groups is 2. The topological polar surface area (TPSA) is 66.8 Å². The molecule has 5 nitrogen and oxygen atoms in total. The lowest BCUT2D eigenvalue weighted by Crippen LogP contribution is -2.41. The van der Waals surface area contributed by atoms with Gasteiger partial charge in [0, 0.05) is 30.0 Å². The Morgan fingerprint density at radius 1 is 1.28 bits per heavy atom. The number of carbonyl (C=O) groups excluding carboxylic acids is 1. The van der Waals surface area contributed by atoms with Gasteiger partial charge in [0.15, 0.2) is 0 Å². The summed E-state index contributed by atoms with van der Waals surface area (Å²) in [6.45, 7) is 5.41. The first kappa shape index (κ1) is 16.4. The number of rotatable bonds is 3. The van der Waals surface area contributed by atoms with Gasteiger partial charge in [-0.3, -0.25) is 9.59 Å². The maximum Gasteiger partial charge on any atom is 0.311 e. The molecule has 25 heavy (non-hydrogen) atoms. The molecule has 1 aromatic rings. The predicted octanol–water partition coefficient (Wildman–Crippen LogP) is 2.69. The third-order valence-electron chi connectivity index (χ3n) is 6.75. The monoisotopic (exact) mass is 343 g/mol. The van der Waals surface area contributed by atoms with Gasteiger partial charge in [-0.05, 0) is 31.2 Å². The van der Waals surface area contributed by atoms with Crippen LogP contribution in [0.5, 0.6) is 5.75 Å². The van der Waals surface area contributed by atoms with Crippen molar-refractivity contribution in [3.8, 4) is 5.75 Å².